The Labute approximate surface area is 133 Å². The van der Waals surface area contributed by atoms with Gasteiger partial charge in [0.15, 0.2) is 9.84 Å². The number of nitrogens with zero attached hydrogens (tertiary/aromatic N) is 1. The quantitative estimate of drug-likeness (QED) is 0.751. The van der Waals surface area contributed by atoms with Gasteiger partial charge in [-0.2, -0.15) is 4.31 Å². The van der Waals surface area contributed by atoms with Gasteiger partial charge in [0.05, 0.1) is 17.3 Å². The average Bonchev–Trinajstić information content (AvgIpc) is 3.18. The third-order valence-electron chi connectivity index (χ3n) is 5.86. The number of hydrogen-bond donors (Lipinski definition) is 0. The lowest BCUT2D eigenvalue weighted by molar-refractivity contribution is 0.0653. The highest BCUT2D eigenvalue weighted by Crippen LogP contribution is 2.53. The van der Waals surface area contributed by atoms with Crippen molar-refractivity contribution in [2.24, 2.45) is 23.7 Å². The van der Waals surface area contributed by atoms with Crippen LogP contribution in [0.3, 0.4) is 0 Å². The third-order valence-corrected chi connectivity index (χ3v) is 9.75. The van der Waals surface area contributed by atoms with E-state index in [0.29, 0.717) is 24.8 Å². The maximum atomic E-state index is 12.8. The topological polar surface area (TPSA) is 71.5 Å². The highest BCUT2D eigenvalue weighted by atomic mass is 32.2. The van der Waals surface area contributed by atoms with Crippen molar-refractivity contribution >= 4 is 19.9 Å². The zero-order valence-electron chi connectivity index (χ0n) is 12.9. The fourth-order valence-electron chi connectivity index (χ4n) is 4.43. The molecule has 22 heavy (non-hydrogen) atoms. The fourth-order valence-corrected chi connectivity index (χ4v) is 8.53. The van der Waals surface area contributed by atoms with Gasteiger partial charge in [0, 0.05) is 12.6 Å². The van der Waals surface area contributed by atoms with E-state index in [-0.39, 0.29) is 29.2 Å². The van der Waals surface area contributed by atoms with Crippen molar-refractivity contribution in [3.05, 3.63) is 0 Å². The molecule has 0 aromatic carbocycles. The van der Waals surface area contributed by atoms with Crippen molar-refractivity contribution < 1.29 is 16.8 Å². The van der Waals surface area contributed by atoms with Crippen molar-refractivity contribution in [2.75, 3.05) is 23.8 Å². The minimum atomic E-state index is -3.30. The van der Waals surface area contributed by atoms with E-state index in [1.807, 2.05) is 0 Å². The lowest BCUT2D eigenvalue weighted by Crippen LogP contribution is -2.61. The molecule has 5 nitrogen and oxygen atoms in total. The lowest BCUT2D eigenvalue weighted by Gasteiger charge is -2.48. The predicted octanol–water partition coefficient (Wildman–Crippen LogP) is 1.26. The molecule has 2 heterocycles. The zero-order chi connectivity index (χ0) is 15.5. The van der Waals surface area contributed by atoms with Crippen molar-refractivity contribution in [3.8, 4) is 0 Å². The van der Waals surface area contributed by atoms with Crippen LogP contribution in [0.15, 0.2) is 0 Å². The molecule has 2 aliphatic heterocycles. The van der Waals surface area contributed by atoms with Crippen LogP contribution in [-0.2, 0) is 19.9 Å². The number of sulfonamides is 1. The first kappa shape index (κ1) is 15.4. The van der Waals surface area contributed by atoms with Gasteiger partial charge >= 0.3 is 0 Å². The maximum Gasteiger partial charge on any atom is 0.214 e. The van der Waals surface area contributed by atoms with Gasteiger partial charge in [0.2, 0.25) is 10.0 Å². The summed E-state index contributed by atoms with van der Waals surface area (Å²) in [6, 6.07) is 0.234. The largest absolute Gasteiger partial charge is 0.229 e. The molecule has 0 amide bonds. The molecule has 7 heteroatoms. The Morgan fingerprint density at radius 1 is 1.00 bits per heavy atom. The molecule has 0 aromatic heterocycles. The number of rotatable bonds is 5. The summed E-state index contributed by atoms with van der Waals surface area (Å²) in [4.78, 5) is 0. The molecule has 2 saturated carbocycles. The Bertz CT molecular complexity index is 649. The molecule has 0 bridgehead atoms. The highest BCUT2D eigenvalue weighted by Gasteiger charge is 2.56. The van der Waals surface area contributed by atoms with Gasteiger partial charge in [-0.1, -0.05) is 0 Å². The fraction of sp³-hybridized carbons (Fsp3) is 1.00. The SMILES string of the molecule is O=S1(=O)CCCC(CS(=O)(=O)N2CC(C3CC3)C2C2CC2)C1. The van der Waals surface area contributed by atoms with E-state index in [9.17, 15) is 16.8 Å². The zero-order valence-corrected chi connectivity index (χ0v) is 14.5. The van der Waals surface area contributed by atoms with Gasteiger partial charge in [0.25, 0.3) is 0 Å². The van der Waals surface area contributed by atoms with Crippen LogP contribution in [0.5, 0.6) is 0 Å². The summed E-state index contributed by atoms with van der Waals surface area (Å²) in [7, 11) is -6.33. The summed E-state index contributed by atoms with van der Waals surface area (Å²) in [5.41, 5.74) is 0. The van der Waals surface area contributed by atoms with Crippen molar-refractivity contribution in [1.82, 2.24) is 4.31 Å². The molecule has 2 saturated heterocycles. The molecular formula is C15H25NO4S2. The van der Waals surface area contributed by atoms with E-state index < -0.39 is 19.9 Å². The summed E-state index contributed by atoms with van der Waals surface area (Å²) >= 11 is 0. The summed E-state index contributed by atoms with van der Waals surface area (Å²) in [5, 5.41) is 0. The van der Waals surface area contributed by atoms with E-state index in [1.54, 1.807) is 4.31 Å². The minimum absolute atomic E-state index is 0.0346. The molecule has 4 rings (SSSR count). The Morgan fingerprint density at radius 3 is 2.27 bits per heavy atom. The Hall–Kier alpha value is -0.140. The van der Waals surface area contributed by atoms with Gasteiger partial charge in [0.1, 0.15) is 0 Å². The molecule has 0 radical (unpaired) electrons. The monoisotopic (exact) mass is 347 g/mol. The first-order valence-corrected chi connectivity index (χ1v) is 12.0. The molecule has 4 fully saturated rings. The average molecular weight is 348 g/mol. The third kappa shape index (κ3) is 2.96. The van der Waals surface area contributed by atoms with Crippen LogP contribution in [-0.4, -0.2) is 51.0 Å². The smallest absolute Gasteiger partial charge is 0.214 e. The van der Waals surface area contributed by atoms with E-state index >= 15 is 0 Å². The van der Waals surface area contributed by atoms with Gasteiger partial charge < -0.3 is 0 Å². The molecular weight excluding hydrogens is 322 g/mol. The molecule has 3 atom stereocenters. The van der Waals surface area contributed by atoms with Gasteiger partial charge in [-0.3, -0.25) is 0 Å². The van der Waals surface area contributed by atoms with Crippen LogP contribution in [0.2, 0.25) is 0 Å². The lowest BCUT2D eigenvalue weighted by atomic mass is 9.84. The van der Waals surface area contributed by atoms with Crippen molar-refractivity contribution in [2.45, 2.75) is 44.6 Å². The molecule has 4 aliphatic rings. The normalized spacial score (nSPS) is 39.4. The van der Waals surface area contributed by atoms with Crippen LogP contribution >= 0.6 is 0 Å². The number of hydrogen-bond acceptors (Lipinski definition) is 4. The Morgan fingerprint density at radius 2 is 1.68 bits per heavy atom. The summed E-state index contributed by atoms with van der Waals surface area (Å²) in [6.07, 6.45) is 6.20. The van der Waals surface area contributed by atoms with Crippen LogP contribution in [0.1, 0.15) is 38.5 Å². The van der Waals surface area contributed by atoms with Gasteiger partial charge in [-0.15, -0.1) is 0 Å². The molecule has 126 valence electrons. The van der Waals surface area contributed by atoms with Gasteiger partial charge in [-0.25, -0.2) is 16.8 Å². The molecule has 0 spiro atoms. The second kappa shape index (κ2) is 5.18. The van der Waals surface area contributed by atoms with E-state index in [4.69, 9.17) is 0 Å². The first-order valence-electron chi connectivity index (χ1n) is 8.56. The van der Waals surface area contributed by atoms with Crippen LogP contribution in [0, 0.1) is 23.7 Å². The first-order chi connectivity index (χ1) is 10.4. The van der Waals surface area contributed by atoms with Crippen molar-refractivity contribution in [1.29, 1.82) is 0 Å². The standard InChI is InChI=1S/C15H25NO4S2/c17-21(18)7-1-2-11(9-21)10-22(19,20)16-8-14(12-3-4-12)15(16)13-5-6-13/h11-15H,1-10H2. The number of sulfone groups is 1. The van der Waals surface area contributed by atoms with E-state index in [2.05, 4.69) is 0 Å². The highest BCUT2D eigenvalue weighted by molar-refractivity contribution is 7.91. The summed E-state index contributed by atoms with van der Waals surface area (Å²) < 4.78 is 50.7. The molecule has 2 aliphatic carbocycles. The minimum Gasteiger partial charge on any atom is -0.229 e. The van der Waals surface area contributed by atoms with E-state index in [0.717, 1.165) is 25.2 Å². The Kier molecular flexibility index (Phi) is 3.62. The maximum absolute atomic E-state index is 12.8. The molecule has 3 unspecified atom stereocenters. The van der Waals surface area contributed by atoms with Gasteiger partial charge in [-0.05, 0) is 62.2 Å². The molecule has 0 aromatic rings. The predicted molar refractivity (Wildman–Crippen MR) is 84.6 cm³/mol. The van der Waals surface area contributed by atoms with Crippen LogP contribution < -0.4 is 0 Å². The van der Waals surface area contributed by atoms with E-state index in [1.165, 1.54) is 12.8 Å². The van der Waals surface area contributed by atoms with Crippen LogP contribution in [0.25, 0.3) is 0 Å². The van der Waals surface area contributed by atoms with Crippen molar-refractivity contribution in [3.63, 3.8) is 0 Å². The summed E-state index contributed by atoms with van der Waals surface area (Å²) in [6.45, 7) is 0.688. The second-order valence-electron chi connectivity index (χ2n) is 7.80. The van der Waals surface area contributed by atoms with Crippen LogP contribution in [0.4, 0.5) is 0 Å². The Balaban J connectivity index is 1.44. The molecule has 0 N–H and O–H groups in total. The second-order valence-corrected chi connectivity index (χ2v) is 12.0. The summed E-state index contributed by atoms with van der Waals surface area (Å²) in [5.74, 6) is 2.02.